The average molecular weight is 378 g/mol. The fourth-order valence-corrected chi connectivity index (χ4v) is 2.51. The minimum absolute atomic E-state index is 0.0398. The number of halogens is 3. The Labute approximate surface area is 151 Å². The first kappa shape index (κ1) is 17.7. The summed E-state index contributed by atoms with van der Waals surface area (Å²) in [5.41, 5.74) is 5.81. The molecule has 26 heavy (non-hydrogen) atoms. The van der Waals surface area contributed by atoms with Crippen LogP contribution in [0.5, 0.6) is 0 Å². The maximum atomic E-state index is 12.5. The predicted molar refractivity (Wildman–Crippen MR) is 96.6 cm³/mol. The molecule has 2 aromatic carbocycles. The lowest BCUT2D eigenvalue weighted by Gasteiger charge is -2.12. The Balaban J connectivity index is 1.58. The van der Waals surface area contributed by atoms with Crippen molar-refractivity contribution >= 4 is 39.8 Å². The number of hydrogen-bond donors (Lipinski definition) is 4. The summed E-state index contributed by atoms with van der Waals surface area (Å²) in [4.78, 5) is 15.2. The summed E-state index contributed by atoms with van der Waals surface area (Å²) < 4.78 is 37.6. The van der Waals surface area contributed by atoms with Crippen LogP contribution in [0.1, 0.15) is 15.9 Å². The minimum atomic E-state index is -4.40. The third kappa shape index (κ3) is 3.94. The quantitative estimate of drug-likeness (QED) is 0.404. The molecule has 0 atom stereocenters. The van der Waals surface area contributed by atoms with Crippen LogP contribution in [0.4, 0.5) is 18.9 Å². The van der Waals surface area contributed by atoms with Crippen molar-refractivity contribution in [1.29, 1.82) is 0 Å². The van der Waals surface area contributed by atoms with E-state index in [-0.39, 0.29) is 5.11 Å². The van der Waals surface area contributed by atoms with Gasteiger partial charge in [0.15, 0.2) is 5.11 Å². The first-order valence-corrected chi connectivity index (χ1v) is 7.86. The molecule has 1 aromatic heterocycles. The number of carbonyl (C=O) groups excluding carboxylic acids is 1. The highest BCUT2D eigenvalue weighted by Crippen LogP contribution is 2.29. The van der Waals surface area contributed by atoms with Crippen molar-refractivity contribution in [3.63, 3.8) is 0 Å². The number of carbonyl (C=O) groups is 1. The van der Waals surface area contributed by atoms with Gasteiger partial charge >= 0.3 is 6.18 Å². The molecule has 0 bridgehead atoms. The molecule has 0 aliphatic carbocycles. The van der Waals surface area contributed by atoms with Gasteiger partial charge in [-0.15, -0.1) is 0 Å². The zero-order valence-electron chi connectivity index (χ0n) is 13.1. The normalized spacial score (nSPS) is 11.2. The van der Waals surface area contributed by atoms with E-state index in [0.29, 0.717) is 11.3 Å². The number of aromatic nitrogens is 1. The van der Waals surface area contributed by atoms with Crippen LogP contribution in [0, 0.1) is 0 Å². The highest BCUT2D eigenvalue weighted by Gasteiger charge is 2.29. The SMILES string of the molecule is O=C(NNC(=S)Nc1ccc(C(F)(F)F)cc1)c1c[nH]c2ccccc12. The van der Waals surface area contributed by atoms with Gasteiger partial charge in [0, 0.05) is 22.8 Å². The first-order chi connectivity index (χ1) is 12.3. The molecule has 0 fully saturated rings. The molecule has 9 heteroatoms. The van der Waals surface area contributed by atoms with Crippen molar-refractivity contribution < 1.29 is 18.0 Å². The highest BCUT2D eigenvalue weighted by atomic mass is 32.1. The molecular weight excluding hydrogens is 365 g/mol. The highest BCUT2D eigenvalue weighted by molar-refractivity contribution is 7.80. The molecule has 5 nitrogen and oxygen atoms in total. The summed E-state index contributed by atoms with van der Waals surface area (Å²) in [5, 5.41) is 3.49. The molecule has 3 aromatic rings. The smallest absolute Gasteiger partial charge is 0.360 e. The Kier molecular flexibility index (Phi) is 4.81. The van der Waals surface area contributed by atoms with E-state index in [0.717, 1.165) is 23.0 Å². The van der Waals surface area contributed by atoms with Gasteiger partial charge < -0.3 is 10.3 Å². The second kappa shape index (κ2) is 7.04. The van der Waals surface area contributed by atoms with Crippen molar-refractivity contribution in [1.82, 2.24) is 15.8 Å². The van der Waals surface area contributed by atoms with E-state index in [4.69, 9.17) is 12.2 Å². The third-order valence-electron chi connectivity index (χ3n) is 3.59. The van der Waals surface area contributed by atoms with Gasteiger partial charge in [0.25, 0.3) is 5.91 Å². The lowest BCUT2D eigenvalue weighted by molar-refractivity contribution is -0.137. The molecule has 0 saturated heterocycles. The molecule has 3 rings (SSSR count). The minimum Gasteiger partial charge on any atom is -0.360 e. The van der Waals surface area contributed by atoms with E-state index in [1.165, 1.54) is 12.1 Å². The van der Waals surface area contributed by atoms with Gasteiger partial charge in [-0.25, -0.2) is 0 Å². The lowest BCUT2D eigenvalue weighted by atomic mass is 10.2. The first-order valence-electron chi connectivity index (χ1n) is 7.45. The Morgan fingerprint density at radius 3 is 2.38 bits per heavy atom. The molecule has 1 heterocycles. The number of thiocarbonyl (C=S) groups is 1. The summed E-state index contributed by atoms with van der Waals surface area (Å²) in [5.74, 6) is -0.404. The predicted octanol–water partition coefficient (Wildman–Crippen LogP) is 3.82. The van der Waals surface area contributed by atoms with Crippen LogP contribution < -0.4 is 16.2 Å². The lowest BCUT2D eigenvalue weighted by Crippen LogP contribution is -2.43. The fraction of sp³-hybridized carbons (Fsp3) is 0.0588. The van der Waals surface area contributed by atoms with Crippen molar-refractivity contribution in [3.8, 4) is 0 Å². The van der Waals surface area contributed by atoms with E-state index in [2.05, 4.69) is 21.2 Å². The number of amides is 1. The average Bonchev–Trinajstić information content (AvgIpc) is 3.03. The number of hydrogen-bond acceptors (Lipinski definition) is 2. The summed E-state index contributed by atoms with van der Waals surface area (Å²) in [7, 11) is 0. The summed E-state index contributed by atoms with van der Waals surface area (Å²) in [6.45, 7) is 0. The van der Waals surface area contributed by atoms with Gasteiger partial charge in [0.2, 0.25) is 0 Å². The second-order valence-electron chi connectivity index (χ2n) is 5.36. The van der Waals surface area contributed by atoms with E-state index >= 15 is 0 Å². The van der Waals surface area contributed by atoms with Crippen LogP contribution in [0.2, 0.25) is 0 Å². The number of fused-ring (bicyclic) bond motifs is 1. The molecule has 0 spiro atoms. The largest absolute Gasteiger partial charge is 0.416 e. The van der Waals surface area contributed by atoms with Gasteiger partial charge in [-0.3, -0.25) is 15.6 Å². The molecule has 0 saturated carbocycles. The van der Waals surface area contributed by atoms with Crippen molar-refractivity contribution in [2.45, 2.75) is 6.18 Å². The number of H-pyrrole nitrogens is 1. The topological polar surface area (TPSA) is 69.0 Å². The van der Waals surface area contributed by atoms with Gasteiger partial charge in [-0.1, -0.05) is 18.2 Å². The van der Waals surface area contributed by atoms with Crippen LogP contribution in [-0.4, -0.2) is 16.0 Å². The monoisotopic (exact) mass is 378 g/mol. The van der Waals surface area contributed by atoms with Gasteiger partial charge in [-0.05, 0) is 42.5 Å². The van der Waals surface area contributed by atoms with Crippen LogP contribution in [0.25, 0.3) is 10.9 Å². The van der Waals surface area contributed by atoms with Crippen LogP contribution in [0.15, 0.2) is 54.7 Å². The maximum Gasteiger partial charge on any atom is 0.416 e. The molecule has 134 valence electrons. The molecule has 0 unspecified atom stereocenters. The Hall–Kier alpha value is -3.07. The van der Waals surface area contributed by atoms with Crippen LogP contribution >= 0.6 is 12.2 Å². The maximum absolute atomic E-state index is 12.5. The fourth-order valence-electron chi connectivity index (χ4n) is 2.35. The number of rotatable bonds is 2. The number of anilines is 1. The molecule has 1 amide bonds. The molecule has 0 aliphatic rings. The summed E-state index contributed by atoms with van der Waals surface area (Å²) in [6, 6.07) is 11.7. The van der Waals surface area contributed by atoms with E-state index in [9.17, 15) is 18.0 Å². The summed E-state index contributed by atoms with van der Waals surface area (Å²) >= 11 is 5.02. The molecule has 4 N–H and O–H groups in total. The van der Waals surface area contributed by atoms with Crippen molar-refractivity contribution in [2.75, 3.05) is 5.32 Å². The molecule has 0 radical (unpaired) electrons. The zero-order chi connectivity index (χ0) is 18.7. The van der Waals surface area contributed by atoms with Gasteiger partial charge in [-0.2, -0.15) is 13.2 Å². The number of alkyl halides is 3. The van der Waals surface area contributed by atoms with Gasteiger partial charge in [0.1, 0.15) is 0 Å². The molecular formula is C17H13F3N4OS. The standard InChI is InChI=1S/C17H13F3N4OS/c18-17(19,20)10-5-7-11(8-6-10)22-16(26)24-23-15(25)13-9-21-14-4-2-1-3-12(13)14/h1-9,21H,(H,23,25)(H2,22,24,26). The van der Waals surface area contributed by atoms with Crippen LogP contribution in [0.3, 0.4) is 0 Å². The third-order valence-corrected chi connectivity index (χ3v) is 3.80. The van der Waals surface area contributed by atoms with E-state index in [1.54, 1.807) is 12.3 Å². The second-order valence-corrected chi connectivity index (χ2v) is 5.76. The van der Waals surface area contributed by atoms with Crippen molar-refractivity contribution in [2.24, 2.45) is 0 Å². The Morgan fingerprint density at radius 2 is 1.69 bits per heavy atom. The van der Waals surface area contributed by atoms with Gasteiger partial charge in [0.05, 0.1) is 11.1 Å². The Bertz CT molecular complexity index is 951. The Morgan fingerprint density at radius 1 is 1.00 bits per heavy atom. The summed E-state index contributed by atoms with van der Waals surface area (Å²) in [6.07, 6.45) is -2.82. The number of aromatic amines is 1. The van der Waals surface area contributed by atoms with Crippen molar-refractivity contribution in [3.05, 3.63) is 65.9 Å². The molecule has 0 aliphatic heterocycles. The van der Waals surface area contributed by atoms with E-state index in [1.807, 2.05) is 18.2 Å². The number of para-hydroxylation sites is 1. The number of hydrazine groups is 1. The van der Waals surface area contributed by atoms with E-state index < -0.39 is 17.6 Å². The number of benzene rings is 2. The number of nitrogens with one attached hydrogen (secondary N) is 4. The zero-order valence-corrected chi connectivity index (χ0v) is 14.0. The van der Waals surface area contributed by atoms with Crippen LogP contribution in [-0.2, 0) is 6.18 Å².